The Balaban J connectivity index is 2.33. The molecule has 1 saturated carbocycles. The number of alkyl halides is 1. The lowest BCUT2D eigenvalue weighted by atomic mass is 10.1. The molecular formula is C13H17BrN2O2. The van der Waals surface area contributed by atoms with Crippen LogP contribution in [0.2, 0.25) is 0 Å². The molecule has 4 nitrogen and oxygen atoms in total. The van der Waals surface area contributed by atoms with Gasteiger partial charge in [-0.1, -0.05) is 22.0 Å². The van der Waals surface area contributed by atoms with Gasteiger partial charge >= 0.3 is 0 Å². The minimum absolute atomic E-state index is 0.196. The number of nitro benzene ring substituents is 1. The molecule has 0 N–H and O–H groups in total. The number of anilines is 1. The van der Waals surface area contributed by atoms with Gasteiger partial charge in [-0.2, -0.15) is 0 Å². The Kier molecular flexibility index (Phi) is 3.90. The third-order valence-corrected chi connectivity index (χ3v) is 4.33. The number of hydrogen-bond donors (Lipinski definition) is 0. The Hall–Kier alpha value is -1.10. The van der Waals surface area contributed by atoms with Crippen LogP contribution in [0.25, 0.3) is 0 Å². The summed E-state index contributed by atoms with van der Waals surface area (Å²) in [6.07, 6.45) is 2.47. The highest BCUT2D eigenvalue weighted by atomic mass is 79.9. The zero-order valence-corrected chi connectivity index (χ0v) is 12.2. The summed E-state index contributed by atoms with van der Waals surface area (Å²) in [5.74, 6) is 0.686. The molecule has 1 aromatic carbocycles. The van der Waals surface area contributed by atoms with Crippen LogP contribution in [0.5, 0.6) is 0 Å². The Labute approximate surface area is 115 Å². The lowest BCUT2D eigenvalue weighted by Crippen LogP contribution is -2.31. The third-order valence-electron chi connectivity index (χ3n) is 3.69. The molecule has 0 amide bonds. The normalized spacial score (nSPS) is 16.4. The van der Waals surface area contributed by atoms with E-state index in [2.05, 4.69) is 22.9 Å². The van der Waals surface area contributed by atoms with Crippen molar-refractivity contribution in [3.05, 3.63) is 33.9 Å². The molecular weight excluding hydrogens is 296 g/mol. The van der Waals surface area contributed by atoms with E-state index in [0.717, 1.165) is 5.56 Å². The number of nitrogens with zero attached hydrogens (tertiary/aromatic N) is 2. The molecule has 1 aromatic rings. The van der Waals surface area contributed by atoms with Crippen LogP contribution in [0, 0.1) is 16.0 Å². The van der Waals surface area contributed by atoms with Crippen molar-refractivity contribution in [1.29, 1.82) is 0 Å². The number of halogens is 1. The topological polar surface area (TPSA) is 46.4 Å². The van der Waals surface area contributed by atoms with E-state index in [0.29, 0.717) is 23.0 Å². The molecule has 0 bridgehead atoms. The van der Waals surface area contributed by atoms with Gasteiger partial charge in [0.25, 0.3) is 5.69 Å². The molecule has 1 aliphatic rings. The Morgan fingerprint density at radius 2 is 2.22 bits per heavy atom. The molecule has 0 aliphatic heterocycles. The number of hydrogen-bond acceptors (Lipinski definition) is 3. The lowest BCUT2D eigenvalue weighted by molar-refractivity contribution is -0.384. The Morgan fingerprint density at radius 1 is 1.56 bits per heavy atom. The molecule has 1 atom stereocenters. The van der Waals surface area contributed by atoms with Gasteiger partial charge in [0.1, 0.15) is 5.69 Å². The van der Waals surface area contributed by atoms with Crippen LogP contribution in [-0.2, 0) is 5.33 Å². The van der Waals surface area contributed by atoms with Gasteiger partial charge in [-0.15, -0.1) is 0 Å². The Bertz CT molecular complexity index is 460. The van der Waals surface area contributed by atoms with Crippen LogP contribution < -0.4 is 4.90 Å². The summed E-state index contributed by atoms with van der Waals surface area (Å²) < 4.78 is 0. The fourth-order valence-electron chi connectivity index (χ4n) is 2.21. The summed E-state index contributed by atoms with van der Waals surface area (Å²) in [4.78, 5) is 12.9. The highest BCUT2D eigenvalue weighted by Crippen LogP contribution is 2.38. The van der Waals surface area contributed by atoms with Crippen LogP contribution >= 0.6 is 15.9 Å². The average molecular weight is 313 g/mol. The van der Waals surface area contributed by atoms with Crippen molar-refractivity contribution < 1.29 is 4.92 Å². The van der Waals surface area contributed by atoms with Gasteiger partial charge in [0.15, 0.2) is 0 Å². The largest absolute Gasteiger partial charge is 0.366 e. The lowest BCUT2D eigenvalue weighted by Gasteiger charge is -2.26. The molecule has 1 fully saturated rings. The van der Waals surface area contributed by atoms with Gasteiger partial charge in [0.2, 0.25) is 0 Å². The minimum Gasteiger partial charge on any atom is -0.366 e. The van der Waals surface area contributed by atoms with Gasteiger partial charge < -0.3 is 4.90 Å². The molecule has 0 aromatic heterocycles. The van der Waals surface area contributed by atoms with E-state index < -0.39 is 0 Å². The van der Waals surface area contributed by atoms with Gasteiger partial charge in [-0.05, 0) is 37.3 Å². The first kappa shape index (κ1) is 13.3. The summed E-state index contributed by atoms with van der Waals surface area (Å²) in [6.45, 7) is 2.14. The maximum Gasteiger partial charge on any atom is 0.292 e. The van der Waals surface area contributed by atoms with Crippen molar-refractivity contribution in [2.75, 3.05) is 11.9 Å². The van der Waals surface area contributed by atoms with Gasteiger partial charge in [-0.25, -0.2) is 0 Å². The monoisotopic (exact) mass is 312 g/mol. The van der Waals surface area contributed by atoms with Gasteiger partial charge in [-0.3, -0.25) is 10.1 Å². The second-order valence-corrected chi connectivity index (χ2v) is 5.46. The fraction of sp³-hybridized carbons (Fsp3) is 0.538. The summed E-state index contributed by atoms with van der Waals surface area (Å²) in [6, 6.07) is 5.81. The van der Waals surface area contributed by atoms with Crippen molar-refractivity contribution in [2.45, 2.75) is 31.1 Å². The number of rotatable bonds is 5. The van der Waals surface area contributed by atoms with E-state index in [1.807, 2.05) is 24.1 Å². The standard InChI is InChI=1S/C13H17BrN2O2/c1-9(11-4-5-11)15(2)12-6-3-10(8-14)7-13(12)16(17)18/h3,6-7,9,11H,4-5,8H2,1-2H3. The molecule has 5 heteroatoms. The van der Waals surface area contributed by atoms with Gasteiger partial charge in [0, 0.05) is 24.5 Å². The van der Waals surface area contributed by atoms with Crippen molar-refractivity contribution >= 4 is 27.3 Å². The maximum absolute atomic E-state index is 11.2. The van der Waals surface area contributed by atoms with Crippen molar-refractivity contribution in [3.63, 3.8) is 0 Å². The second-order valence-electron chi connectivity index (χ2n) is 4.90. The molecule has 0 spiro atoms. The fourth-order valence-corrected chi connectivity index (χ4v) is 2.56. The predicted molar refractivity (Wildman–Crippen MR) is 76.3 cm³/mol. The van der Waals surface area contributed by atoms with Crippen LogP contribution in [0.15, 0.2) is 18.2 Å². The smallest absolute Gasteiger partial charge is 0.292 e. The molecule has 0 saturated heterocycles. The minimum atomic E-state index is -0.294. The van der Waals surface area contributed by atoms with Crippen molar-refractivity contribution in [3.8, 4) is 0 Å². The highest BCUT2D eigenvalue weighted by molar-refractivity contribution is 9.08. The molecule has 0 radical (unpaired) electrons. The van der Waals surface area contributed by atoms with E-state index >= 15 is 0 Å². The molecule has 18 heavy (non-hydrogen) atoms. The van der Waals surface area contributed by atoms with Crippen molar-refractivity contribution in [1.82, 2.24) is 0 Å². The zero-order chi connectivity index (χ0) is 13.3. The molecule has 98 valence electrons. The second kappa shape index (κ2) is 5.26. The van der Waals surface area contributed by atoms with Crippen LogP contribution in [-0.4, -0.2) is 18.0 Å². The summed E-state index contributed by atoms with van der Waals surface area (Å²) in [7, 11) is 1.94. The number of nitro groups is 1. The predicted octanol–water partition coefficient (Wildman–Crippen LogP) is 3.72. The first-order valence-electron chi connectivity index (χ1n) is 6.10. The van der Waals surface area contributed by atoms with Crippen molar-refractivity contribution in [2.24, 2.45) is 5.92 Å². The van der Waals surface area contributed by atoms with Gasteiger partial charge in [0.05, 0.1) is 4.92 Å². The quantitative estimate of drug-likeness (QED) is 0.473. The number of benzene rings is 1. The molecule has 1 unspecified atom stereocenters. The van der Waals surface area contributed by atoms with E-state index in [4.69, 9.17) is 0 Å². The van der Waals surface area contributed by atoms with Crippen LogP contribution in [0.3, 0.4) is 0 Å². The average Bonchev–Trinajstić information content (AvgIpc) is 3.20. The summed E-state index contributed by atoms with van der Waals surface area (Å²) in [5.41, 5.74) is 1.84. The SMILES string of the molecule is CC(C1CC1)N(C)c1ccc(CBr)cc1[N+](=O)[O-]. The van der Waals surface area contributed by atoms with E-state index in [9.17, 15) is 10.1 Å². The van der Waals surface area contributed by atoms with E-state index in [1.54, 1.807) is 6.07 Å². The first-order chi connectivity index (χ1) is 8.54. The molecule has 1 aliphatic carbocycles. The molecule has 2 rings (SSSR count). The Morgan fingerprint density at radius 3 is 2.72 bits per heavy atom. The zero-order valence-electron chi connectivity index (χ0n) is 10.6. The van der Waals surface area contributed by atoms with Crippen LogP contribution in [0.4, 0.5) is 11.4 Å². The van der Waals surface area contributed by atoms with E-state index in [-0.39, 0.29) is 10.6 Å². The maximum atomic E-state index is 11.2. The summed E-state index contributed by atoms with van der Waals surface area (Å²) >= 11 is 3.33. The first-order valence-corrected chi connectivity index (χ1v) is 7.23. The highest BCUT2D eigenvalue weighted by Gasteiger charge is 2.32. The van der Waals surface area contributed by atoms with E-state index in [1.165, 1.54) is 12.8 Å². The molecule has 0 heterocycles. The van der Waals surface area contributed by atoms with Crippen LogP contribution in [0.1, 0.15) is 25.3 Å². The third kappa shape index (κ3) is 2.66. The summed E-state index contributed by atoms with van der Waals surface area (Å²) in [5, 5.41) is 11.8.